The van der Waals surface area contributed by atoms with Gasteiger partial charge in [0, 0.05) is 21.9 Å². The Morgan fingerprint density at radius 1 is 1.42 bits per heavy atom. The number of benzene rings is 1. The van der Waals surface area contributed by atoms with Crippen LogP contribution in [-0.4, -0.2) is 29.0 Å². The van der Waals surface area contributed by atoms with E-state index in [1.165, 1.54) is 0 Å². The highest BCUT2D eigenvalue weighted by molar-refractivity contribution is 7.90. The lowest BCUT2D eigenvalue weighted by molar-refractivity contribution is 0.292. The Labute approximate surface area is 166 Å². The van der Waals surface area contributed by atoms with Crippen molar-refractivity contribution in [1.82, 2.24) is 10.0 Å². The first-order valence-electron chi connectivity index (χ1n) is 9.16. The minimum Gasteiger partial charge on any atom is -0.598 e. The van der Waals surface area contributed by atoms with Crippen LogP contribution in [0.1, 0.15) is 50.8 Å². The fourth-order valence-electron chi connectivity index (χ4n) is 3.07. The third-order valence-electron chi connectivity index (χ3n) is 4.63. The molecule has 1 aromatic carbocycles. The van der Waals surface area contributed by atoms with Crippen LogP contribution in [0.5, 0.6) is 5.75 Å². The average molecular weight is 399 g/mol. The zero-order chi connectivity index (χ0) is 19.3. The molecule has 1 heterocycles. The van der Waals surface area contributed by atoms with E-state index in [0.717, 1.165) is 42.8 Å². The fourth-order valence-corrected chi connectivity index (χ4v) is 4.15. The van der Waals surface area contributed by atoms with E-state index in [2.05, 4.69) is 16.6 Å². The molecule has 2 atom stereocenters. The molecule has 0 saturated carbocycles. The molecule has 26 heavy (non-hydrogen) atoms. The van der Waals surface area contributed by atoms with E-state index in [0.29, 0.717) is 17.5 Å². The lowest BCUT2D eigenvalue weighted by atomic mass is 9.86. The van der Waals surface area contributed by atoms with Crippen LogP contribution in [0.25, 0.3) is 0 Å². The van der Waals surface area contributed by atoms with E-state index < -0.39 is 11.4 Å². The minimum atomic E-state index is -1.18. The van der Waals surface area contributed by atoms with Gasteiger partial charge in [-0.2, -0.15) is 0 Å². The van der Waals surface area contributed by atoms with E-state index in [-0.39, 0.29) is 10.8 Å². The fraction of sp³-hybridized carbons (Fsp3) is 0.600. The van der Waals surface area contributed by atoms with Crippen molar-refractivity contribution in [3.8, 4) is 5.75 Å². The second-order valence-electron chi connectivity index (χ2n) is 7.80. The number of ether oxygens (including phenoxy) is 1. The van der Waals surface area contributed by atoms with Crippen molar-refractivity contribution in [3.05, 3.63) is 40.9 Å². The second-order valence-corrected chi connectivity index (χ2v) is 10.2. The zero-order valence-corrected chi connectivity index (χ0v) is 17.8. The maximum absolute atomic E-state index is 12.9. The molecule has 0 radical (unpaired) electrons. The number of halogens is 1. The molecule has 0 spiro atoms. The highest BCUT2D eigenvalue weighted by Gasteiger charge is 2.35. The van der Waals surface area contributed by atoms with E-state index in [4.69, 9.17) is 16.3 Å². The van der Waals surface area contributed by atoms with Crippen molar-refractivity contribution >= 4 is 23.0 Å². The Morgan fingerprint density at radius 2 is 2.08 bits per heavy atom. The molecule has 0 bridgehead atoms. The van der Waals surface area contributed by atoms with Gasteiger partial charge in [0.25, 0.3) is 0 Å². The molecule has 1 aliphatic rings. The van der Waals surface area contributed by atoms with Gasteiger partial charge in [-0.3, -0.25) is 0 Å². The predicted octanol–water partition coefficient (Wildman–Crippen LogP) is 4.31. The third kappa shape index (κ3) is 5.64. The van der Waals surface area contributed by atoms with Gasteiger partial charge in [-0.15, -0.1) is 4.72 Å². The Kier molecular flexibility index (Phi) is 7.86. The average Bonchev–Trinajstić information content (AvgIpc) is 2.60. The maximum Gasteiger partial charge on any atom is 0.136 e. The summed E-state index contributed by atoms with van der Waals surface area (Å²) < 4.78 is 21.8. The van der Waals surface area contributed by atoms with Gasteiger partial charge in [-0.05, 0) is 77.2 Å². The predicted molar refractivity (Wildman–Crippen MR) is 111 cm³/mol. The van der Waals surface area contributed by atoms with E-state index in [1.807, 2.05) is 39.8 Å². The van der Waals surface area contributed by atoms with Crippen LogP contribution in [0.15, 0.2) is 24.8 Å². The molecule has 1 aromatic rings. The van der Waals surface area contributed by atoms with Gasteiger partial charge in [-0.25, -0.2) is 0 Å². The molecule has 0 amide bonds. The lowest BCUT2D eigenvalue weighted by Gasteiger charge is -2.35. The van der Waals surface area contributed by atoms with Gasteiger partial charge in [0.1, 0.15) is 17.1 Å². The summed E-state index contributed by atoms with van der Waals surface area (Å²) in [6.07, 6.45) is 3.77. The van der Waals surface area contributed by atoms with Gasteiger partial charge in [0.05, 0.1) is 6.04 Å². The zero-order valence-electron chi connectivity index (χ0n) is 16.2. The molecule has 1 saturated heterocycles. The topological polar surface area (TPSA) is 56.3 Å². The number of aryl methyl sites for hydroxylation is 1. The Hall–Kier alpha value is -0.720. The number of piperidine rings is 1. The van der Waals surface area contributed by atoms with E-state index in [1.54, 1.807) is 6.08 Å². The molecule has 0 aliphatic carbocycles. The standard InChI is InChI=1S/C20H31ClN2O2S/c1-6-11-25-18-12-14(2)17(21)13-16(18)19(15-7-9-22-10-8-15)23-26(24)20(3,4)5/h6,12-13,15,19,22-23H,1,7-11H2,2-5H3. The Balaban J connectivity index is 2.42. The molecular weight excluding hydrogens is 368 g/mol. The van der Waals surface area contributed by atoms with Gasteiger partial charge in [0.2, 0.25) is 0 Å². The van der Waals surface area contributed by atoms with Gasteiger partial charge in [0.15, 0.2) is 0 Å². The number of nitrogens with one attached hydrogen (secondary N) is 2. The number of hydrogen-bond donors (Lipinski definition) is 2. The molecule has 0 aromatic heterocycles. The summed E-state index contributed by atoms with van der Waals surface area (Å²) in [6.45, 7) is 14.0. The van der Waals surface area contributed by atoms with Crippen molar-refractivity contribution < 1.29 is 9.29 Å². The normalized spacial score (nSPS) is 18.4. The highest BCUT2D eigenvalue weighted by atomic mass is 35.5. The smallest absolute Gasteiger partial charge is 0.136 e. The number of rotatable bonds is 7. The van der Waals surface area contributed by atoms with Crippen LogP contribution in [0.3, 0.4) is 0 Å². The summed E-state index contributed by atoms with van der Waals surface area (Å²) in [5.41, 5.74) is 1.95. The molecular formula is C20H31ClN2O2S. The first kappa shape index (κ1) is 21.6. The first-order chi connectivity index (χ1) is 12.2. The largest absolute Gasteiger partial charge is 0.598 e. The molecule has 1 aliphatic heterocycles. The Bertz CT molecular complexity index is 613. The highest BCUT2D eigenvalue weighted by Crippen LogP contribution is 2.38. The first-order valence-corrected chi connectivity index (χ1v) is 10.7. The van der Waals surface area contributed by atoms with Crippen molar-refractivity contribution in [2.45, 2.75) is 51.3 Å². The lowest BCUT2D eigenvalue weighted by Crippen LogP contribution is -2.45. The second kappa shape index (κ2) is 9.47. The third-order valence-corrected chi connectivity index (χ3v) is 6.62. The van der Waals surface area contributed by atoms with Crippen molar-refractivity contribution in [2.75, 3.05) is 19.7 Å². The maximum atomic E-state index is 12.9. The molecule has 2 rings (SSSR count). The summed E-state index contributed by atoms with van der Waals surface area (Å²) in [6, 6.07) is 3.86. The van der Waals surface area contributed by atoms with Crippen LogP contribution in [0.4, 0.5) is 0 Å². The molecule has 6 heteroatoms. The van der Waals surface area contributed by atoms with Crippen molar-refractivity contribution in [3.63, 3.8) is 0 Å². The summed E-state index contributed by atoms with van der Waals surface area (Å²) in [5.74, 6) is 1.15. The molecule has 146 valence electrons. The molecule has 2 unspecified atom stereocenters. The van der Waals surface area contributed by atoms with Gasteiger partial charge < -0.3 is 14.6 Å². The Morgan fingerprint density at radius 3 is 2.65 bits per heavy atom. The van der Waals surface area contributed by atoms with Crippen LogP contribution < -0.4 is 14.8 Å². The van der Waals surface area contributed by atoms with E-state index in [9.17, 15) is 4.55 Å². The molecule has 2 N–H and O–H groups in total. The van der Waals surface area contributed by atoms with E-state index >= 15 is 0 Å². The van der Waals surface area contributed by atoms with Gasteiger partial charge >= 0.3 is 0 Å². The van der Waals surface area contributed by atoms with Crippen LogP contribution in [0.2, 0.25) is 5.02 Å². The van der Waals surface area contributed by atoms with Crippen molar-refractivity contribution in [1.29, 1.82) is 0 Å². The van der Waals surface area contributed by atoms with Crippen LogP contribution in [0, 0.1) is 12.8 Å². The quantitative estimate of drug-likeness (QED) is 0.531. The monoisotopic (exact) mass is 398 g/mol. The summed E-state index contributed by atoms with van der Waals surface area (Å²) in [4.78, 5) is 0. The molecule has 1 fully saturated rings. The molecule has 4 nitrogen and oxygen atoms in total. The summed E-state index contributed by atoms with van der Waals surface area (Å²) >= 11 is 5.25. The summed E-state index contributed by atoms with van der Waals surface area (Å²) in [5, 5.41) is 4.10. The minimum absolute atomic E-state index is 0.0740. The summed E-state index contributed by atoms with van der Waals surface area (Å²) in [7, 11) is 0. The van der Waals surface area contributed by atoms with Crippen molar-refractivity contribution in [2.24, 2.45) is 5.92 Å². The SMILES string of the molecule is C=CCOc1cc(C)c(Cl)cc1C(N[S+]([O-])C(C)(C)C)C1CCNCC1. The van der Waals surface area contributed by atoms with Crippen LogP contribution in [-0.2, 0) is 11.4 Å². The number of hydrogen-bond acceptors (Lipinski definition) is 4. The van der Waals surface area contributed by atoms with Gasteiger partial charge in [-0.1, -0.05) is 24.3 Å². The van der Waals surface area contributed by atoms with Crippen LogP contribution >= 0.6 is 11.6 Å².